The van der Waals surface area contributed by atoms with Gasteiger partial charge in [-0.05, 0) is 57.6 Å². The molecule has 0 unspecified atom stereocenters. The van der Waals surface area contributed by atoms with Gasteiger partial charge in [0.1, 0.15) is 0 Å². The van der Waals surface area contributed by atoms with Gasteiger partial charge in [-0.2, -0.15) is 0 Å². The number of nitrogens with one attached hydrogen (secondary N) is 1. The Morgan fingerprint density at radius 2 is 2.20 bits per heavy atom. The minimum Gasteiger partial charge on any atom is -0.465 e. The van der Waals surface area contributed by atoms with Crippen molar-refractivity contribution < 1.29 is 9.53 Å². The summed E-state index contributed by atoms with van der Waals surface area (Å²) in [5, 5.41) is 3.38. The average Bonchev–Trinajstić information content (AvgIpc) is 3.00. The van der Waals surface area contributed by atoms with E-state index >= 15 is 0 Å². The number of hydrogen-bond donors (Lipinski definition) is 1. The number of esters is 1. The molecule has 20 heavy (non-hydrogen) atoms. The van der Waals surface area contributed by atoms with Gasteiger partial charge in [-0.15, -0.1) is 0 Å². The zero-order valence-electron chi connectivity index (χ0n) is 12.1. The number of aromatic nitrogens is 1. The van der Waals surface area contributed by atoms with Crippen LogP contribution in [-0.2, 0) is 11.3 Å². The number of nitrogens with zero attached hydrogens (tertiary/aromatic N) is 2. The number of methoxy groups -OCH3 is 1. The molecule has 1 saturated heterocycles. The number of rotatable bonds is 7. The molecule has 1 aliphatic heterocycles. The first-order chi connectivity index (χ1) is 9.79. The lowest BCUT2D eigenvalue weighted by molar-refractivity contribution is 0.0600. The predicted octanol–water partition coefficient (Wildman–Crippen LogP) is 1.44. The molecule has 1 fully saturated rings. The molecular weight excluding hydrogens is 254 g/mol. The predicted molar refractivity (Wildman–Crippen MR) is 77.6 cm³/mol. The maximum atomic E-state index is 11.3. The highest BCUT2D eigenvalue weighted by Crippen LogP contribution is 2.07. The first-order valence-electron chi connectivity index (χ1n) is 7.26. The second kappa shape index (κ2) is 7.97. The first-order valence-corrected chi connectivity index (χ1v) is 7.26. The van der Waals surface area contributed by atoms with Crippen LogP contribution in [0.5, 0.6) is 0 Å². The highest BCUT2D eigenvalue weighted by molar-refractivity contribution is 5.88. The van der Waals surface area contributed by atoms with Crippen molar-refractivity contribution >= 4 is 5.97 Å². The lowest BCUT2D eigenvalue weighted by atomic mass is 10.2. The van der Waals surface area contributed by atoms with E-state index in [9.17, 15) is 4.79 Å². The molecular formula is C15H23N3O2. The third kappa shape index (κ3) is 4.58. The van der Waals surface area contributed by atoms with E-state index in [2.05, 4.69) is 19.9 Å². The molecule has 0 aliphatic carbocycles. The zero-order valence-corrected chi connectivity index (χ0v) is 12.1. The summed E-state index contributed by atoms with van der Waals surface area (Å²) in [6.07, 6.45) is 5.43. The molecule has 0 aromatic carbocycles. The topological polar surface area (TPSA) is 54.5 Å². The molecule has 5 heteroatoms. The molecule has 1 aromatic heterocycles. The van der Waals surface area contributed by atoms with Gasteiger partial charge in [-0.1, -0.05) is 0 Å². The van der Waals surface area contributed by atoms with Crippen LogP contribution in [0, 0.1) is 0 Å². The highest BCUT2D eigenvalue weighted by atomic mass is 16.5. The summed E-state index contributed by atoms with van der Waals surface area (Å²) in [6, 6.07) is 3.61. The van der Waals surface area contributed by atoms with Gasteiger partial charge in [0, 0.05) is 12.7 Å². The first kappa shape index (κ1) is 14.9. The van der Waals surface area contributed by atoms with E-state index in [1.165, 1.54) is 46.0 Å². The van der Waals surface area contributed by atoms with Gasteiger partial charge in [-0.3, -0.25) is 4.98 Å². The fraction of sp³-hybridized carbons (Fsp3) is 0.600. The summed E-state index contributed by atoms with van der Waals surface area (Å²) >= 11 is 0. The molecule has 0 bridgehead atoms. The van der Waals surface area contributed by atoms with Gasteiger partial charge in [0.05, 0.1) is 18.4 Å². The standard InChI is InChI=1S/C15H23N3O2/c1-20-15(19)13-5-6-14(17-11-13)12-16-7-4-10-18-8-2-3-9-18/h5-6,11,16H,2-4,7-10,12H2,1H3. The third-order valence-electron chi connectivity index (χ3n) is 3.58. The summed E-state index contributed by atoms with van der Waals surface area (Å²) < 4.78 is 4.64. The Hall–Kier alpha value is -1.46. The van der Waals surface area contributed by atoms with Gasteiger partial charge in [0.15, 0.2) is 0 Å². The van der Waals surface area contributed by atoms with Crippen LogP contribution in [0.1, 0.15) is 35.3 Å². The molecule has 2 heterocycles. The Bertz CT molecular complexity index is 414. The molecule has 0 spiro atoms. The number of carbonyl (C=O) groups is 1. The molecule has 0 amide bonds. The number of hydrogen-bond acceptors (Lipinski definition) is 5. The van der Waals surface area contributed by atoms with Crippen molar-refractivity contribution in [1.29, 1.82) is 0 Å². The van der Waals surface area contributed by atoms with Gasteiger partial charge in [0.25, 0.3) is 0 Å². The van der Waals surface area contributed by atoms with Gasteiger partial charge in [0.2, 0.25) is 0 Å². The average molecular weight is 277 g/mol. The monoisotopic (exact) mass is 277 g/mol. The Morgan fingerprint density at radius 1 is 1.40 bits per heavy atom. The SMILES string of the molecule is COC(=O)c1ccc(CNCCCN2CCCC2)nc1. The summed E-state index contributed by atoms with van der Waals surface area (Å²) in [5.74, 6) is -0.345. The Morgan fingerprint density at radius 3 is 2.85 bits per heavy atom. The minimum atomic E-state index is -0.345. The van der Waals surface area contributed by atoms with Crippen LogP contribution in [0.4, 0.5) is 0 Å². The molecule has 1 aromatic rings. The lowest BCUT2D eigenvalue weighted by Crippen LogP contribution is -2.24. The highest BCUT2D eigenvalue weighted by Gasteiger charge is 2.10. The van der Waals surface area contributed by atoms with E-state index in [-0.39, 0.29) is 5.97 Å². The minimum absolute atomic E-state index is 0.345. The fourth-order valence-electron chi connectivity index (χ4n) is 2.42. The van der Waals surface area contributed by atoms with Crippen LogP contribution in [0.2, 0.25) is 0 Å². The summed E-state index contributed by atoms with van der Waals surface area (Å²) in [5.41, 5.74) is 1.43. The van der Waals surface area contributed by atoms with Crippen molar-refractivity contribution in [3.63, 3.8) is 0 Å². The maximum Gasteiger partial charge on any atom is 0.339 e. The van der Waals surface area contributed by atoms with Gasteiger partial charge >= 0.3 is 5.97 Å². The van der Waals surface area contributed by atoms with E-state index in [1.54, 1.807) is 12.3 Å². The number of ether oxygens (including phenoxy) is 1. The van der Waals surface area contributed by atoms with E-state index in [1.807, 2.05) is 6.07 Å². The number of likely N-dealkylation sites (tertiary alicyclic amines) is 1. The molecule has 110 valence electrons. The quantitative estimate of drug-likeness (QED) is 0.604. The van der Waals surface area contributed by atoms with Crippen molar-refractivity contribution in [1.82, 2.24) is 15.2 Å². The summed E-state index contributed by atoms with van der Waals surface area (Å²) in [7, 11) is 1.37. The van der Waals surface area contributed by atoms with Crippen molar-refractivity contribution in [2.45, 2.75) is 25.8 Å². The van der Waals surface area contributed by atoms with E-state index in [0.29, 0.717) is 5.56 Å². The Labute approximate surface area is 120 Å². The molecule has 5 nitrogen and oxygen atoms in total. The van der Waals surface area contributed by atoms with Crippen molar-refractivity contribution in [3.05, 3.63) is 29.6 Å². The van der Waals surface area contributed by atoms with Crippen LogP contribution < -0.4 is 5.32 Å². The van der Waals surface area contributed by atoms with E-state index < -0.39 is 0 Å². The molecule has 0 saturated carbocycles. The van der Waals surface area contributed by atoms with Crippen LogP contribution >= 0.6 is 0 Å². The van der Waals surface area contributed by atoms with Crippen LogP contribution in [0.15, 0.2) is 18.3 Å². The third-order valence-corrected chi connectivity index (χ3v) is 3.58. The maximum absolute atomic E-state index is 11.3. The van der Waals surface area contributed by atoms with Crippen LogP contribution in [-0.4, -0.2) is 49.1 Å². The lowest BCUT2D eigenvalue weighted by Gasteiger charge is -2.14. The Balaban J connectivity index is 1.62. The van der Waals surface area contributed by atoms with E-state index in [4.69, 9.17) is 0 Å². The second-order valence-electron chi connectivity index (χ2n) is 5.11. The van der Waals surface area contributed by atoms with Crippen molar-refractivity contribution in [2.24, 2.45) is 0 Å². The summed E-state index contributed by atoms with van der Waals surface area (Å²) in [4.78, 5) is 18.0. The molecule has 0 atom stereocenters. The van der Waals surface area contributed by atoms with Crippen molar-refractivity contribution in [3.8, 4) is 0 Å². The number of carbonyl (C=O) groups excluding carboxylic acids is 1. The molecule has 0 radical (unpaired) electrons. The second-order valence-corrected chi connectivity index (χ2v) is 5.11. The van der Waals surface area contributed by atoms with E-state index in [0.717, 1.165) is 18.8 Å². The summed E-state index contributed by atoms with van der Waals surface area (Å²) in [6.45, 7) is 5.44. The van der Waals surface area contributed by atoms with Crippen LogP contribution in [0.3, 0.4) is 0 Å². The van der Waals surface area contributed by atoms with Crippen LogP contribution in [0.25, 0.3) is 0 Å². The normalized spacial score (nSPS) is 15.4. The Kier molecular flexibility index (Phi) is 5.95. The molecule has 2 rings (SSSR count). The smallest absolute Gasteiger partial charge is 0.339 e. The van der Waals surface area contributed by atoms with Gasteiger partial charge < -0.3 is 15.0 Å². The number of pyridine rings is 1. The van der Waals surface area contributed by atoms with Crippen molar-refractivity contribution in [2.75, 3.05) is 33.3 Å². The zero-order chi connectivity index (χ0) is 14.2. The molecule has 1 N–H and O–H groups in total. The fourth-order valence-corrected chi connectivity index (χ4v) is 2.42. The molecule has 1 aliphatic rings. The van der Waals surface area contributed by atoms with Gasteiger partial charge in [-0.25, -0.2) is 4.79 Å². The largest absolute Gasteiger partial charge is 0.465 e.